The van der Waals surface area contributed by atoms with Crippen LogP contribution in [-0.4, -0.2) is 21.0 Å². The number of hydrogen-bond acceptors (Lipinski definition) is 6. The molecule has 0 fully saturated rings. The fourth-order valence-electron chi connectivity index (χ4n) is 3.30. The Morgan fingerprint density at radius 3 is 2.28 bits per heavy atom. The van der Waals surface area contributed by atoms with Crippen molar-refractivity contribution in [2.45, 2.75) is 26.7 Å². The summed E-state index contributed by atoms with van der Waals surface area (Å²) >= 11 is 0. The number of carbonyl (C=O) groups excluding carboxylic acids is 2. The van der Waals surface area contributed by atoms with Gasteiger partial charge in [0, 0.05) is 14.0 Å². The lowest BCUT2D eigenvalue weighted by Gasteiger charge is -2.18. The first-order valence-electron chi connectivity index (χ1n) is 9.93. The highest BCUT2D eigenvalue weighted by molar-refractivity contribution is 6.07. The van der Waals surface area contributed by atoms with E-state index in [0.717, 1.165) is 9.13 Å². The molecule has 3 N–H and O–H groups in total. The highest BCUT2D eigenvalue weighted by Crippen LogP contribution is 2.31. The SMILES string of the molecule is CC(=O)Oc1c(C(=O)Nc2c(N)n(-c3ccccc3)c(=O)n(C)c2=O)cccc1C(C)C. The molecule has 0 saturated carbocycles. The third-order valence-corrected chi connectivity index (χ3v) is 4.90. The summed E-state index contributed by atoms with van der Waals surface area (Å²) in [5.41, 5.74) is 5.63. The molecule has 0 bridgehead atoms. The van der Waals surface area contributed by atoms with Gasteiger partial charge in [-0.2, -0.15) is 0 Å². The van der Waals surface area contributed by atoms with Gasteiger partial charge >= 0.3 is 11.7 Å². The van der Waals surface area contributed by atoms with E-state index < -0.39 is 23.1 Å². The monoisotopic (exact) mass is 436 g/mol. The average Bonchev–Trinajstić information content (AvgIpc) is 2.75. The van der Waals surface area contributed by atoms with Crippen LogP contribution in [0.15, 0.2) is 58.1 Å². The second kappa shape index (κ2) is 8.93. The van der Waals surface area contributed by atoms with Gasteiger partial charge < -0.3 is 15.8 Å². The van der Waals surface area contributed by atoms with Crippen molar-refractivity contribution in [2.24, 2.45) is 7.05 Å². The Balaban J connectivity index is 2.15. The van der Waals surface area contributed by atoms with E-state index in [-0.39, 0.29) is 28.7 Å². The van der Waals surface area contributed by atoms with Gasteiger partial charge in [-0.3, -0.25) is 19.0 Å². The molecule has 0 radical (unpaired) electrons. The lowest BCUT2D eigenvalue weighted by atomic mass is 9.98. The second-order valence-corrected chi connectivity index (χ2v) is 7.50. The molecule has 1 aromatic heterocycles. The molecular formula is C23H24N4O5. The quantitative estimate of drug-likeness (QED) is 0.467. The molecule has 0 aliphatic rings. The van der Waals surface area contributed by atoms with Gasteiger partial charge in [-0.05, 0) is 29.7 Å². The van der Waals surface area contributed by atoms with E-state index in [9.17, 15) is 19.2 Å². The number of para-hydroxylation sites is 2. The number of amides is 1. The number of nitrogen functional groups attached to an aromatic ring is 1. The highest BCUT2D eigenvalue weighted by atomic mass is 16.5. The molecule has 0 aliphatic carbocycles. The summed E-state index contributed by atoms with van der Waals surface area (Å²) in [6, 6.07) is 13.4. The molecule has 0 unspecified atom stereocenters. The Morgan fingerprint density at radius 2 is 1.69 bits per heavy atom. The Kier molecular flexibility index (Phi) is 6.29. The average molecular weight is 436 g/mol. The van der Waals surface area contributed by atoms with E-state index >= 15 is 0 Å². The van der Waals surface area contributed by atoms with Crippen molar-refractivity contribution < 1.29 is 14.3 Å². The second-order valence-electron chi connectivity index (χ2n) is 7.50. The zero-order valence-corrected chi connectivity index (χ0v) is 18.2. The van der Waals surface area contributed by atoms with Crippen molar-refractivity contribution in [3.8, 4) is 11.4 Å². The van der Waals surface area contributed by atoms with E-state index in [1.165, 1.54) is 20.0 Å². The van der Waals surface area contributed by atoms with Crippen LogP contribution in [0.4, 0.5) is 11.5 Å². The van der Waals surface area contributed by atoms with Crippen LogP contribution in [0, 0.1) is 0 Å². The molecule has 0 aliphatic heterocycles. The third-order valence-electron chi connectivity index (χ3n) is 4.90. The molecule has 3 rings (SSSR count). The van der Waals surface area contributed by atoms with Gasteiger partial charge in [0.2, 0.25) is 0 Å². The molecule has 166 valence electrons. The topological polar surface area (TPSA) is 125 Å². The van der Waals surface area contributed by atoms with Gasteiger partial charge in [0.1, 0.15) is 17.3 Å². The number of carbonyl (C=O) groups is 2. The van der Waals surface area contributed by atoms with Crippen LogP contribution in [0.25, 0.3) is 5.69 Å². The van der Waals surface area contributed by atoms with E-state index in [1.807, 2.05) is 13.8 Å². The lowest BCUT2D eigenvalue weighted by molar-refractivity contribution is -0.131. The number of rotatable bonds is 5. The number of benzene rings is 2. The molecule has 0 saturated heterocycles. The minimum Gasteiger partial charge on any atom is -0.426 e. The van der Waals surface area contributed by atoms with Crippen molar-refractivity contribution in [2.75, 3.05) is 11.1 Å². The number of esters is 1. The van der Waals surface area contributed by atoms with E-state index in [1.54, 1.807) is 42.5 Å². The maximum Gasteiger partial charge on any atom is 0.337 e. The van der Waals surface area contributed by atoms with Crippen molar-refractivity contribution in [3.05, 3.63) is 80.5 Å². The summed E-state index contributed by atoms with van der Waals surface area (Å²) in [6.45, 7) is 5.03. The zero-order valence-electron chi connectivity index (χ0n) is 18.2. The fraction of sp³-hybridized carbons (Fsp3) is 0.217. The van der Waals surface area contributed by atoms with Crippen molar-refractivity contribution in [1.82, 2.24) is 9.13 Å². The maximum atomic E-state index is 13.1. The predicted molar refractivity (Wildman–Crippen MR) is 121 cm³/mol. The number of ether oxygens (including phenoxy) is 1. The molecule has 0 atom stereocenters. The lowest BCUT2D eigenvalue weighted by Crippen LogP contribution is -2.40. The normalized spacial score (nSPS) is 10.8. The Hall–Kier alpha value is -4.14. The minimum absolute atomic E-state index is 0.0324. The van der Waals surface area contributed by atoms with Crippen LogP contribution in [-0.2, 0) is 11.8 Å². The standard InChI is InChI=1S/C23H24N4O5/c1-13(2)16-11-8-12-17(19(16)32-14(3)28)21(29)25-18-20(24)27(15-9-6-5-7-10-15)23(31)26(4)22(18)30/h5-13H,24H2,1-4H3,(H,25,29). The molecule has 1 amide bonds. The number of nitrogens with two attached hydrogens (primary N) is 1. The van der Waals surface area contributed by atoms with Gasteiger partial charge in [0.15, 0.2) is 0 Å². The first-order valence-corrected chi connectivity index (χ1v) is 9.93. The number of aromatic nitrogens is 2. The predicted octanol–water partition coefficient (Wildman–Crippen LogP) is 2.42. The van der Waals surface area contributed by atoms with E-state index in [2.05, 4.69) is 5.32 Å². The number of hydrogen-bond donors (Lipinski definition) is 2. The zero-order chi connectivity index (χ0) is 23.6. The third kappa shape index (κ3) is 4.18. The van der Waals surface area contributed by atoms with Gasteiger partial charge in [-0.15, -0.1) is 0 Å². The van der Waals surface area contributed by atoms with Crippen molar-refractivity contribution in [1.29, 1.82) is 0 Å². The summed E-state index contributed by atoms with van der Waals surface area (Å²) in [5, 5.41) is 2.50. The molecule has 0 spiro atoms. The summed E-state index contributed by atoms with van der Waals surface area (Å²) in [5.74, 6) is -1.42. The smallest absolute Gasteiger partial charge is 0.337 e. The van der Waals surface area contributed by atoms with Gasteiger partial charge in [0.05, 0.1) is 11.3 Å². The number of nitrogens with zero attached hydrogens (tertiary/aromatic N) is 2. The summed E-state index contributed by atoms with van der Waals surface area (Å²) < 4.78 is 7.31. The molecule has 32 heavy (non-hydrogen) atoms. The minimum atomic E-state index is -0.762. The first-order chi connectivity index (χ1) is 15.1. The molecule has 3 aromatic rings. The Morgan fingerprint density at radius 1 is 1.03 bits per heavy atom. The molecular weight excluding hydrogens is 412 g/mol. The largest absolute Gasteiger partial charge is 0.426 e. The summed E-state index contributed by atoms with van der Waals surface area (Å²) in [6.07, 6.45) is 0. The first kappa shape index (κ1) is 22.5. The van der Waals surface area contributed by atoms with Crippen LogP contribution < -0.4 is 27.0 Å². The maximum absolute atomic E-state index is 13.1. The number of nitrogens with one attached hydrogen (secondary N) is 1. The number of anilines is 2. The van der Waals surface area contributed by atoms with Gasteiger partial charge in [-0.1, -0.05) is 44.2 Å². The molecule has 1 heterocycles. The van der Waals surface area contributed by atoms with Crippen LogP contribution in [0.5, 0.6) is 5.75 Å². The fourth-order valence-corrected chi connectivity index (χ4v) is 3.30. The molecule has 9 heteroatoms. The summed E-state index contributed by atoms with van der Waals surface area (Å²) in [7, 11) is 1.29. The van der Waals surface area contributed by atoms with Crippen LogP contribution in [0.2, 0.25) is 0 Å². The Labute approximate surface area is 184 Å². The van der Waals surface area contributed by atoms with Crippen molar-refractivity contribution >= 4 is 23.4 Å². The summed E-state index contributed by atoms with van der Waals surface area (Å²) in [4.78, 5) is 50.3. The highest BCUT2D eigenvalue weighted by Gasteiger charge is 2.23. The van der Waals surface area contributed by atoms with E-state index in [0.29, 0.717) is 11.3 Å². The van der Waals surface area contributed by atoms with Crippen LogP contribution in [0.3, 0.4) is 0 Å². The van der Waals surface area contributed by atoms with Gasteiger partial charge in [0.25, 0.3) is 11.5 Å². The molecule has 9 nitrogen and oxygen atoms in total. The van der Waals surface area contributed by atoms with Crippen LogP contribution in [0.1, 0.15) is 42.6 Å². The van der Waals surface area contributed by atoms with Crippen LogP contribution >= 0.6 is 0 Å². The van der Waals surface area contributed by atoms with Crippen molar-refractivity contribution in [3.63, 3.8) is 0 Å². The van der Waals surface area contributed by atoms with E-state index in [4.69, 9.17) is 10.5 Å². The van der Waals surface area contributed by atoms with Gasteiger partial charge in [-0.25, -0.2) is 9.36 Å². The molecule has 2 aromatic carbocycles. The Bertz CT molecular complexity index is 1310.